The van der Waals surface area contributed by atoms with Crippen LogP contribution >= 0.6 is 0 Å². The fraction of sp³-hybridized carbons (Fsp3) is 0.154. The highest BCUT2D eigenvalue weighted by Crippen LogP contribution is 2.29. The van der Waals surface area contributed by atoms with Crippen molar-refractivity contribution in [3.63, 3.8) is 0 Å². The van der Waals surface area contributed by atoms with E-state index in [1.807, 2.05) is 0 Å². The average molecular weight is 247 g/mol. The number of fused-ring (bicyclic) bond motifs is 1. The van der Waals surface area contributed by atoms with Crippen molar-refractivity contribution in [3.05, 3.63) is 53.7 Å². The summed E-state index contributed by atoms with van der Waals surface area (Å²) in [4.78, 5) is 4.01. The van der Waals surface area contributed by atoms with Gasteiger partial charge in [0.25, 0.3) is 0 Å². The number of aromatic nitrogens is 1. The van der Waals surface area contributed by atoms with Crippen LogP contribution in [0.15, 0.2) is 39.4 Å². The number of oxazole rings is 1. The van der Waals surface area contributed by atoms with E-state index < -0.39 is 11.9 Å². The van der Waals surface area contributed by atoms with Crippen LogP contribution in [0.5, 0.6) is 0 Å². The second-order valence-electron chi connectivity index (χ2n) is 4.00. The Morgan fingerprint density at radius 2 is 2.22 bits per heavy atom. The average Bonchev–Trinajstić information content (AvgIpc) is 2.95. The number of hydrogen-bond acceptors (Lipinski definition) is 4. The molecular weight excluding hydrogens is 237 g/mol. The molecule has 1 N–H and O–H groups in total. The topological polar surface area (TPSA) is 59.4 Å². The number of nitrogens with zero attached hydrogens (tertiary/aromatic N) is 1. The number of aliphatic hydroxyl groups excluding tert-OH is 1. The molecule has 0 bridgehead atoms. The Kier molecular flexibility index (Phi) is 2.41. The van der Waals surface area contributed by atoms with E-state index in [1.54, 1.807) is 25.1 Å². The number of benzene rings is 1. The zero-order valence-electron chi connectivity index (χ0n) is 9.55. The SMILES string of the molecule is Cc1nc(C(O)c2cc3cccc(F)c3o2)co1. The van der Waals surface area contributed by atoms with Crippen molar-refractivity contribution in [2.24, 2.45) is 0 Å². The molecule has 18 heavy (non-hydrogen) atoms. The van der Waals surface area contributed by atoms with Gasteiger partial charge in [-0.2, -0.15) is 0 Å². The van der Waals surface area contributed by atoms with Crippen molar-refractivity contribution in [1.82, 2.24) is 4.98 Å². The van der Waals surface area contributed by atoms with E-state index in [0.29, 0.717) is 17.0 Å². The number of furan rings is 1. The molecule has 0 saturated carbocycles. The van der Waals surface area contributed by atoms with Crippen molar-refractivity contribution in [2.75, 3.05) is 0 Å². The van der Waals surface area contributed by atoms with E-state index in [1.165, 1.54) is 12.3 Å². The minimum atomic E-state index is -1.06. The molecule has 0 radical (unpaired) electrons. The van der Waals surface area contributed by atoms with Gasteiger partial charge in [0.1, 0.15) is 17.7 Å². The van der Waals surface area contributed by atoms with Crippen molar-refractivity contribution in [3.8, 4) is 0 Å². The smallest absolute Gasteiger partial charge is 0.191 e. The van der Waals surface area contributed by atoms with E-state index in [-0.39, 0.29) is 11.3 Å². The normalized spacial score (nSPS) is 13.1. The first kappa shape index (κ1) is 11.0. The van der Waals surface area contributed by atoms with Gasteiger partial charge in [-0.25, -0.2) is 9.37 Å². The molecule has 0 saturated heterocycles. The minimum absolute atomic E-state index is 0.131. The Morgan fingerprint density at radius 1 is 1.39 bits per heavy atom. The number of aliphatic hydroxyl groups is 1. The molecule has 0 aliphatic carbocycles. The quantitative estimate of drug-likeness (QED) is 0.756. The maximum atomic E-state index is 13.5. The second-order valence-corrected chi connectivity index (χ2v) is 4.00. The van der Waals surface area contributed by atoms with Crippen LogP contribution in [0.3, 0.4) is 0 Å². The Labute approximate surface area is 102 Å². The molecule has 1 aromatic carbocycles. The summed E-state index contributed by atoms with van der Waals surface area (Å²) in [5, 5.41) is 10.7. The van der Waals surface area contributed by atoms with Gasteiger partial charge in [-0.1, -0.05) is 12.1 Å². The van der Waals surface area contributed by atoms with Crippen molar-refractivity contribution >= 4 is 11.0 Å². The molecule has 3 aromatic rings. The number of halogens is 1. The van der Waals surface area contributed by atoms with E-state index in [0.717, 1.165) is 0 Å². The summed E-state index contributed by atoms with van der Waals surface area (Å²) in [5.74, 6) is 0.233. The number of aryl methyl sites for hydroxylation is 1. The monoisotopic (exact) mass is 247 g/mol. The van der Waals surface area contributed by atoms with Crippen LogP contribution in [0.1, 0.15) is 23.4 Å². The lowest BCUT2D eigenvalue weighted by Gasteiger charge is -2.01. The van der Waals surface area contributed by atoms with Crippen molar-refractivity contribution in [2.45, 2.75) is 13.0 Å². The zero-order chi connectivity index (χ0) is 12.7. The van der Waals surface area contributed by atoms with Crippen LogP contribution in [0.25, 0.3) is 11.0 Å². The summed E-state index contributed by atoms with van der Waals surface area (Å²) in [6.45, 7) is 1.68. The molecule has 3 rings (SSSR count). The molecule has 0 aliphatic heterocycles. The van der Waals surface area contributed by atoms with E-state index in [9.17, 15) is 9.50 Å². The Bertz CT molecular complexity index is 701. The van der Waals surface area contributed by atoms with Gasteiger partial charge in [0, 0.05) is 12.3 Å². The molecule has 2 heterocycles. The predicted octanol–water partition coefficient (Wildman–Crippen LogP) is 2.95. The van der Waals surface area contributed by atoms with Gasteiger partial charge in [-0.05, 0) is 12.1 Å². The lowest BCUT2D eigenvalue weighted by Crippen LogP contribution is -1.98. The van der Waals surface area contributed by atoms with Gasteiger partial charge in [0.15, 0.2) is 23.4 Å². The highest BCUT2D eigenvalue weighted by Gasteiger charge is 2.19. The fourth-order valence-corrected chi connectivity index (χ4v) is 1.83. The summed E-state index contributed by atoms with van der Waals surface area (Å²) >= 11 is 0. The summed E-state index contributed by atoms with van der Waals surface area (Å²) < 4.78 is 23.8. The highest BCUT2D eigenvalue weighted by molar-refractivity contribution is 5.78. The van der Waals surface area contributed by atoms with Gasteiger partial charge in [-0.15, -0.1) is 0 Å². The van der Waals surface area contributed by atoms with Crippen LogP contribution in [-0.4, -0.2) is 10.1 Å². The highest BCUT2D eigenvalue weighted by atomic mass is 19.1. The molecule has 1 atom stereocenters. The van der Waals surface area contributed by atoms with Gasteiger partial charge in [0.2, 0.25) is 0 Å². The van der Waals surface area contributed by atoms with Gasteiger partial charge >= 0.3 is 0 Å². The maximum absolute atomic E-state index is 13.5. The summed E-state index contributed by atoms with van der Waals surface area (Å²) in [7, 11) is 0. The molecule has 0 amide bonds. The Balaban J connectivity index is 2.06. The third kappa shape index (κ3) is 1.69. The second kappa shape index (κ2) is 3.96. The van der Waals surface area contributed by atoms with E-state index in [2.05, 4.69) is 4.98 Å². The Morgan fingerprint density at radius 3 is 2.89 bits per heavy atom. The third-order valence-corrected chi connectivity index (χ3v) is 2.70. The van der Waals surface area contributed by atoms with E-state index >= 15 is 0 Å². The molecule has 4 nitrogen and oxygen atoms in total. The third-order valence-electron chi connectivity index (χ3n) is 2.70. The van der Waals surface area contributed by atoms with E-state index in [4.69, 9.17) is 8.83 Å². The Hall–Kier alpha value is -2.14. The number of hydrogen-bond donors (Lipinski definition) is 1. The molecule has 0 fully saturated rings. The zero-order valence-corrected chi connectivity index (χ0v) is 9.55. The first-order valence-electron chi connectivity index (χ1n) is 5.43. The molecule has 0 spiro atoms. The molecular formula is C13H10FNO3. The van der Waals surface area contributed by atoms with Crippen LogP contribution in [0.2, 0.25) is 0 Å². The van der Waals surface area contributed by atoms with Crippen molar-refractivity contribution in [1.29, 1.82) is 0 Å². The molecule has 1 unspecified atom stereocenters. The minimum Gasteiger partial charge on any atom is -0.455 e. The summed E-state index contributed by atoms with van der Waals surface area (Å²) in [6, 6.07) is 6.20. The van der Waals surface area contributed by atoms with Gasteiger partial charge in [0.05, 0.1) is 0 Å². The van der Waals surface area contributed by atoms with Crippen LogP contribution in [0.4, 0.5) is 4.39 Å². The summed E-state index contributed by atoms with van der Waals surface area (Å²) in [6.07, 6.45) is 0.290. The molecule has 0 aliphatic rings. The number of rotatable bonds is 2. The predicted molar refractivity (Wildman–Crippen MR) is 61.5 cm³/mol. The van der Waals surface area contributed by atoms with Gasteiger partial charge < -0.3 is 13.9 Å². The van der Waals surface area contributed by atoms with Crippen molar-refractivity contribution < 1.29 is 18.3 Å². The van der Waals surface area contributed by atoms with Crippen LogP contribution in [-0.2, 0) is 0 Å². The van der Waals surface area contributed by atoms with Crippen LogP contribution in [0, 0.1) is 12.7 Å². The molecule has 5 heteroatoms. The standard InChI is InChI=1S/C13H10FNO3/c1-7-15-10(6-17-7)12(16)11-5-8-3-2-4-9(14)13(8)18-11/h2-6,12,16H,1H3. The fourth-order valence-electron chi connectivity index (χ4n) is 1.83. The number of para-hydroxylation sites is 1. The van der Waals surface area contributed by atoms with Crippen LogP contribution < -0.4 is 0 Å². The molecule has 2 aromatic heterocycles. The van der Waals surface area contributed by atoms with Gasteiger partial charge in [-0.3, -0.25) is 0 Å². The lowest BCUT2D eigenvalue weighted by atomic mass is 10.2. The first-order chi connectivity index (χ1) is 8.65. The summed E-state index contributed by atoms with van der Waals surface area (Å²) in [5.41, 5.74) is 0.471. The first-order valence-corrected chi connectivity index (χ1v) is 5.43. The largest absolute Gasteiger partial charge is 0.455 e. The molecule has 92 valence electrons. The maximum Gasteiger partial charge on any atom is 0.191 e. The lowest BCUT2D eigenvalue weighted by molar-refractivity contribution is 0.187.